The molecule has 1 aliphatic rings. The highest BCUT2D eigenvalue weighted by Crippen LogP contribution is 2.30. The van der Waals surface area contributed by atoms with Crippen LogP contribution in [0.1, 0.15) is 11.1 Å². The first-order valence-electron chi connectivity index (χ1n) is 9.02. The van der Waals surface area contributed by atoms with Gasteiger partial charge in [0.1, 0.15) is 11.6 Å². The fourth-order valence-corrected chi connectivity index (χ4v) is 3.49. The van der Waals surface area contributed by atoms with Crippen LogP contribution < -0.4 is 4.90 Å². The van der Waals surface area contributed by atoms with Crippen molar-refractivity contribution < 1.29 is 5.11 Å². The summed E-state index contributed by atoms with van der Waals surface area (Å²) in [5.74, 6) is 1.31. The minimum atomic E-state index is 0.367. The monoisotopic (exact) mass is 348 g/mol. The van der Waals surface area contributed by atoms with E-state index in [0.717, 1.165) is 65.3 Å². The number of likely N-dealkylation sites (N-methyl/N-ethyl adjacent to an activating group) is 1. The van der Waals surface area contributed by atoms with Crippen LogP contribution in [0.3, 0.4) is 0 Å². The van der Waals surface area contributed by atoms with Crippen molar-refractivity contribution >= 4 is 16.9 Å². The summed E-state index contributed by atoms with van der Waals surface area (Å²) < 4.78 is 0. The van der Waals surface area contributed by atoms with Gasteiger partial charge >= 0.3 is 0 Å². The Kier molecular flexibility index (Phi) is 4.24. The highest BCUT2D eigenvalue weighted by molar-refractivity contribution is 5.82. The van der Waals surface area contributed by atoms with Gasteiger partial charge in [0.05, 0.1) is 17.2 Å². The summed E-state index contributed by atoms with van der Waals surface area (Å²) >= 11 is 0. The zero-order valence-electron chi connectivity index (χ0n) is 15.5. The molecule has 0 aliphatic carbocycles. The third-order valence-electron chi connectivity index (χ3n) is 5.18. The van der Waals surface area contributed by atoms with Crippen molar-refractivity contribution in [3.63, 3.8) is 0 Å². The Morgan fingerprint density at radius 2 is 1.58 bits per heavy atom. The summed E-state index contributed by atoms with van der Waals surface area (Å²) in [6.45, 7) is 7.91. The van der Waals surface area contributed by atoms with Gasteiger partial charge in [-0.3, -0.25) is 4.98 Å². The van der Waals surface area contributed by atoms with E-state index < -0.39 is 0 Å². The largest absolute Gasteiger partial charge is 0.507 e. The Labute approximate surface area is 153 Å². The number of fused-ring (bicyclic) bond motifs is 1. The molecule has 5 heteroatoms. The van der Waals surface area contributed by atoms with E-state index in [4.69, 9.17) is 4.98 Å². The van der Waals surface area contributed by atoms with E-state index >= 15 is 0 Å². The summed E-state index contributed by atoms with van der Waals surface area (Å²) in [6, 6.07) is 10.2. The molecule has 0 amide bonds. The molecule has 5 nitrogen and oxygen atoms in total. The molecule has 0 radical (unpaired) electrons. The molecule has 134 valence electrons. The quantitative estimate of drug-likeness (QED) is 0.769. The second-order valence-electron chi connectivity index (χ2n) is 7.18. The number of anilines is 1. The van der Waals surface area contributed by atoms with Crippen LogP contribution in [0.15, 0.2) is 36.5 Å². The SMILES string of the molecule is Cc1cc(-c2ccc3ncc(N4CCN(C)CC4)nc3c2)cc(C)c1O. The van der Waals surface area contributed by atoms with Gasteiger partial charge in [0, 0.05) is 26.2 Å². The average Bonchev–Trinajstić information content (AvgIpc) is 2.65. The zero-order chi connectivity index (χ0) is 18.3. The number of nitrogens with zero attached hydrogens (tertiary/aromatic N) is 4. The molecule has 0 spiro atoms. The molecule has 0 atom stereocenters. The van der Waals surface area contributed by atoms with Gasteiger partial charge in [-0.05, 0) is 67.4 Å². The number of hydrogen-bond acceptors (Lipinski definition) is 5. The second-order valence-corrected chi connectivity index (χ2v) is 7.18. The smallest absolute Gasteiger partial charge is 0.147 e. The summed E-state index contributed by atoms with van der Waals surface area (Å²) in [5.41, 5.74) is 5.76. The predicted octanol–water partition coefficient (Wildman–Crippen LogP) is 3.37. The van der Waals surface area contributed by atoms with Crippen LogP contribution in [0.4, 0.5) is 5.82 Å². The molecule has 3 aromatic rings. The summed E-state index contributed by atoms with van der Waals surface area (Å²) in [7, 11) is 2.15. The molecule has 1 N–H and O–H groups in total. The Morgan fingerprint density at radius 1 is 0.885 bits per heavy atom. The van der Waals surface area contributed by atoms with Crippen molar-refractivity contribution in [2.24, 2.45) is 0 Å². The molecule has 1 aliphatic heterocycles. The van der Waals surface area contributed by atoms with Crippen LogP contribution in [0, 0.1) is 13.8 Å². The topological polar surface area (TPSA) is 52.5 Å². The molecule has 1 aromatic heterocycles. The third-order valence-corrected chi connectivity index (χ3v) is 5.18. The van der Waals surface area contributed by atoms with Gasteiger partial charge in [-0.25, -0.2) is 4.98 Å². The number of aryl methyl sites for hydroxylation is 2. The number of rotatable bonds is 2. The number of piperazine rings is 1. The molecular weight excluding hydrogens is 324 g/mol. The van der Waals surface area contributed by atoms with Gasteiger partial charge in [0.2, 0.25) is 0 Å². The fraction of sp³-hybridized carbons (Fsp3) is 0.333. The van der Waals surface area contributed by atoms with E-state index in [0.29, 0.717) is 5.75 Å². The maximum atomic E-state index is 10.0. The highest BCUT2D eigenvalue weighted by Gasteiger charge is 2.16. The van der Waals surface area contributed by atoms with Crippen LogP contribution in [-0.4, -0.2) is 53.2 Å². The molecule has 1 fully saturated rings. The van der Waals surface area contributed by atoms with Crippen LogP contribution in [0.25, 0.3) is 22.2 Å². The number of aromatic hydroxyl groups is 1. The molecule has 26 heavy (non-hydrogen) atoms. The van der Waals surface area contributed by atoms with E-state index in [-0.39, 0.29) is 0 Å². The lowest BCUT2D eigenvalue weighted by molar-refractivity contribution is 0.312. The standard InChI is InChI=1S/C21H24N4O/c1-14-10-17(11-15(2)21(14)26)16-4-5-18-19(12-16)23-20(13-22-18)25-8-6-24(3)7-9-25/h4-5,10-13,26H,6-9H2,1-3H3. The Balaban J connectivity index is 1.72. The van der Waals surface area contributed by atoms with Crippen molar-refractivity contribution in [2.45, 2.75) is 13.8 Å². The normalized spacial score (nSPS) is 15.6. The minimum absolute atomic E-state index is 0.367. The van der Waals surface area contributed by atoms with Crippen LogP contribution in [0.2, 0.25) is 0 Å². The Hall–Kier alpha value is -2.66. The van der Waals surface area contributed by atoms with Crippen molar-refractivity contribution in [3.8, 4) is 16.9 Å². The van der Waals surface area contributed by atoms with Crippen molar-refractivity contribution in [2.75, 3.05) is 38.1 Å². The van der Waals surface area contributed by atoms with E-state index in [1.807, 2.05) is 38.2 Å². The fourth-order valence-electron chi connectivity index (χ4n) is 3.49. The molecular formula is C21H24N4O. The maximum absolute atomic E-state index is 10.0. The minimum Gasteiger partial charge on any atom is -0.507 e. The first kappa shape index (κ1) is 16.8. The lowest BCUT2D eigenvalue weighted by Crippen LogP contribution is -2.44. The number of aromatic nitrogens is 2. The lowest BCUT2D eigenvalue weighted by Gasteiger charge is -2.33. The van der Waals surface area contributed by atoms with Gasteiger partial charge < -0.3 is 14.9 Å². The van der Waals surface area contributed by atoms with Crippen molar-refractivity contribution in [1.29, 1.82) is 0 Å². The second kappa shape index (κ2) is 6.57. The van der Waals surface area contributed by atoms with Crippen LogP contribution >= 0.6 is 0 Å². The highest BCUT2D eigenvalue weighted by atomic mass is 16.3. The third kappa shape index (κ3) is 3.10. The first-order chi connectivity index (χ1) is 12.5. The Morgan fingerprint density at radius 3 is 2.27 bits per heavy atom. The molecule has 1 saturated heterocycles. The van der Waals surface area contributed by atoms with Crippen LogP contribution in [0.5, 0.6) is 5.75 Å². The van der Waals surface area contributed by atoms with Crippen molar-refractivity contribution in [3.05, 3.63) is 47.7 Å². The molecule has 2 heterocycles. The Bertz CT molecular complexity index is 938. The summed E-state index contributed by atoms with van der Waals surface area (Å²) in [6.07, 6.45) is 1.88. The number of phenolic OH excluding ortho intramolecular Hbond substituents is 1. The van der Waals surface area contributed by atoms with Gasteiger partial charge in [-0.15, -0.1) is 0 Å². The first-order valence-corrected chi connectivity index (χ1v) is 9.02. The summed E-state index contributed by atoms with van der Waals surface area (Å²) in [5, 5.41) is 10.0. The van der Waals surface area contributed by atoms with Gasteiger partial charge in [0.15, 0.2) is 0 Å². The van der Waals surface area contributed by atoms with E-state index in [9.17, 15) is 5.11 Å². The molecule has 0 saturated carbocycles. The predicted molar refractivity (Wildman–Crippen MR) is 106 cm³/mol. The molecule has 0 bridgehead atoms. The van der Waals surface area contributed by atoms with Gasteiger partial charge in [-0.1, -0.05) is 6.07 Å². The maximum Gasteiger partial charge on any atom is 0.147 e. The summed E-state index contributed by atoms with van der Waals surface area (Å²) in [4.78, 5) is 14.1. The zero-order valence-corrected chi connectivity index (χ0v) is 15.5. The van der Waals surface area contributed by atoms with E-state index in [1.165, 1.54) is 0 Å². The average molecular weight is 348 g/mol. The van der Waals surface area contributed by atoms with E-state index in [2.05, 4.69) is 34.0 Å². The van der Waals surface area contributed by atoms with E-state index in [1.54, 1.807) is 0 Å². The molecule has 0 unspecified atom stereocenters. The van der Waals surface area contributed by atoms with Gasteiger partial charge in [0.25, 0.3) is 0 Å². The number of hydrogen-bond donors (Lipinski definition) is 1. The van der Waals surface area contributed by atoms with Crippen molar-refractivity contribution in [1.82, 2.24) is 14.9 Å². The number of phenols is 1. The number of benzene rings is 2. The molecule has 2 aromatic carbocycles. The molecule has 4 rings (SSSR count). The van der Waals surface area contributed by atoms with Gasteiger partial charge in [-0.2, -0.15) is 0 Å². The van der Waals surface area contributed by atoms with Crippen LogP contribution in [-0.2, 0) is 0 Å². The lowest BCUT2D eigenvalue weighted by atomic mass is 9.99.